The van der Waals surface area contributed by atoms with Crippen LogP contribution < -0.4 is 0 Å². The molecule has 29 heavy (non-hydrogen) atoms. The van der Waals surface area contributed by atoms with Crippen LogP contribution in [0.15, 0.2) is 12.2 Å². The summed E-state index contributed by atoms with van der Waals surface area (Å²) >= 11 is 0. The second kappa shape index (κ2) is 7.99. The highest BCUT2D eigenvalue weighted by Gasteiger charge is 2.60. The van der Waals surface area contributed by atoms with Crippen molar-refractivity contribution in [3.63, 3.8) is 0 Å². The van der Waals surface area contributed by atoms with Crippen LogP contribution >= 0.6 is 0 Å². The van der Waals surface area contributed by atoms with Crippen LogP contribution in [0.3, 0.4) is 0 Å². The molecule has 1 N–H and O–H groups in total. The van der Waals surface area contributed by atoms with E-state index in [-0.39, 0.29) is 6.10 Å². The summed E-state index contributed by atoms with van der Waals surface area (Å²) in [5.74, 6) is 6.66. The van der Waals surface area contributed by atoms with Crippen LogP contribution in [0.1, 0.15) is 99.3 Å². The van der Waals surface area contributed by atoms with Gasteiger partial charge in [-0.15, -0.1) is 0 Å². The second-order valence-electron chi connectivity index (χ2n) is 12.7. The lowest BCUT2D eigenvalue weighted by atomic mass is 9.44. The van der Waals surface area contributed by atoms with Gasteiger partial charge in [-0.1, -0.05) is 53.7 Å². The summed E-state index contributed by atoms with van der Waals surface area (Å²) in [6.45, 7) is 14.9. The first kappa shape index (κ1) is 21.9. The van der Waals surface area contributed by atoms with Gasteiger partial charge >= 0.3 is 0 Å². The van der Waals surface area contributed by atoms with Crippen molar-refractivity contribution in [3.05, 3.63) is 12.2 Å². The minimum absolute atomic E-state index is 0.0183. The normalized spacial score (nSPS) is 49.5. The Morgan fingerprint density at radius 1 is 0.793 bits per heavy atom. The smallest absolute Gasteiger partial charge is 0.0543 e. The molecule has 10 atom stereocenters. The van der Waals surface area contributed by atoms with Gasteiger partial charge in [-0.3, -0.25) is 0 Å². The van der Waals surface area contributed by atoms with Crippen LogP contribution in [-0.2, 0) is 0 Å². The van der Waals surface area contributed by atoms with E-state index in [0.29, 0.717) is 16.7 Å². The molecule has 0 spiro atoms. The lowest BCUT2D eigenvalue weighted by molar-refractivity contribution is -0.128. The maximum absolute atomic E-state index is 10.3. The van der Waals surface area contributed by atoms with Gasteiger partial charge in [0.25, 0.3) is 0 Å². The maximum atomic E-state index is 10.3. The van der Waals surface area contributed by atoms with Gasteiger partial charge in [-0.05, 0) is 116 Å². The van der Waals surface area contributed by atoms with Gasteiger partial charge in [0.2, 0.25) is 0 Å². The zero-order valence-electron chi connectivity index (χ0n) is 20.2. The predicted molar refractivity (Wildman–Crippen MR) is 124 cm³/mol. The number of hydrogen-bond acceptors (Lipinski definition) is 1. The van der Waals surface area contributed by atoms with E-state index in [0.717, 1.165) is 54.3 Å². The Labute approximate surface area is 181 Å². The van der Waals surface area contributed by atoms with Gasteiger partial charge in [-0.2, -0.15) is 0 Å². The first-order valence-corrected chi connectivity index (χ1v) is 13.0. The molecule has 0 heterocycles. The molecule has 1 heteroatoms. The van der Waals surface area contributed by atoms with Gasteiger partial charge in [0, 0.05) is 0 Å². The average molecular weight is 401 g/mol. The molecule has 4 rings (SSSR count). The molecule has 0 unspecified atom stereocenters. The number of fused-ring (bicyclic) bond motifs is 5. The van der Waals surface area contributed by atoms with Crippen molar-refractivity contribution >= 4 is 0 Å². The van der Waals surface area contributed by atoms with Crippen molar-refractivity contribution in [3.8, 4) is 0 Å². The Bertz CT molecular complexity index is 607. The largest absolute Gasteiger partial charge is 0.393 e. The molecule has 0 saturated heterocycles. The fourth-order valence-corrected chi connectivity index (χ4v) is 8.85. The van der Waals surface area contributed by atoms with Crippen molar-refractivity contribution in [1.82, 2.24) is 0 Å². The summed E-state index contributed by atoms with van der Waals surface area (Å²) < 4.78 is 0. The van der Waals surface area contributed by atoms with Crippen LogP contribution in [0.5, 0.6) is 0 Å². The fourth-order valence-electron chi connectivity index (χ4n) is 8.85. The molecule has 0 radical (unpaired) electrons. The van der Waals surface area contributed by atoms with Crippen LogP contribution in [0, 0.1) is 58.2 Å². The zero-order chi connectivity index (χ0) is 21.0. The minimum atomic E-state index is -0.0183. The third kappa shape index (κ3) is 3.66. The van der Waals surface area contributed by atoms with E-state index in [1.165, 1.54) is 44.9 Å². The quantitative estimate of drug-likeness (QED) is 0.485. The third-order valence-corrected chi connectivity index (χ3v) is 11.1. The molecule has 1 nitrogen and oxygen atoms in total. The predicted octanol–water partition coefficient (Wildman–Crippen LogP) is 7.49. The number of hydrogen-bond donors (Lipinski definition) is 1. The zero-order valence-corrected chi connectivity index (χ0v) is 20.2. The molecule has 4 aliphatic carbocycles. The molecule has 0 aliphatic heterocycles. The lowest BCUT2D eigenvalue weighted by Gasteiger charge is -2.61. The highest BCUT2D eigenvalue weighted by atomic mass is 16.3. The van der Waals surface area contributed by atoms with E-state index < -0.39 is 0 Å². The summed E-state index contributed by atoms with van der Waals surface area (Å²) in [4.78, 5) is 0. The van der Waals surface area contributed by atoms with Crippen molar-refractivity contribution in [2.75, 3.05) is 0 Å². The van der Waals surface area contributed by atoms with Gasteiger partial charge < -0.3 is 5.11 Å². The van der Waals surface area contributed by atoms with E-state index in [2.05, 4.69) is 53.7 Å². The van der Waals surface area contributed by atoms with E-state index in [9.17, 15) is 5.11 Å². The summed E-state index contributed by atoms with van der Waals surface area (Å²) in [5, 5.41) is 10.3. The van der Waals surface area contributed by atoms with Gasteiger partial charge in [0.15, 0.2) is 0 Å². The average Bonchev–Trinajstić information content (AvgIpc) is 3.03. The summed E-state index contributed by atoms with van der Waals surface area (Å²) in [6, 6.07) is 0. The summed E-state index contributed by atoms with van der Waals surface area (Å²) in [6.07, 6.45) is 17.1. The molecular weight excluding hydrogens is 352 g/mol. The third-order valence-electron chi connectivity index (χ3n) is 11.1. The maximum Gasteiger partial charge on any atom is 0.0543 e. The molecule has 0 aromatic rings. The van der Waals surface area contributed by atoms with Gasteiger partial charge in [0.05, 0.1) is 6.10 Å². The van der Waals surface area contributed by atoms with Crippen molar-refractivity contribution in [2.45, 2.75) is 105 Å². The van der Waals surface area contributed by atoms with Crippen LogP contribution in [0.25, 0.3) is 0 Å². The first-order valence-electron chi connectivity index (χ1n) is 13.0. The van der Waals surface area contributed by atoms with Crippen molar-refractivity contribution in [2.24, 2.45) is 58.2 Å². The number of allylic oxidation sites excluding steroid dienone is 2. The Hall–Kier alpha value is -0.300. The van der Waals surface area contributed by atoms with E-state index in [1.54, 1.807) is 0 Å². The molecule has 0 amide bonds. The monoisotopic (exact) mass is 400 g/mol. The first-order chi connectivity index (χ1) is 13.7. The Morgan fingerprint density at radius 2 is 1.48 bits per heavy atom. The Kier molecular flexibility index (Phi) is 6.04. The SMILES string of the molecule is CC(C)[C@@H](C)/C=C\[C@H](C)[C@H]1CC[C@H]2[C@@H]3CC[C@@H]4C[C@@H](O)CC[C@]4(C)[C@@H]3CC[C@@]12C. The summed E-state index contributed by atoms with van der Waals surface area (Å²) in [5.41, 5.74) is 1.07. The molecule has 0 aromatic carbocycles. The molecule has 4 saturated carbocycles. The highest BCUT2D eigenvalue weighted by Crippen LogP contribution is 2.68. The van der Waals surface area contributed by atoms with Gasteiger partial charge in [-0.25, -0.2) is 0 Å². The van der Waals surface area contributed by atoms with Crippen molar-refractivity contribution < 1.29 is 5.11 Å². The van der Waals surface area contributed by atoms with E-state index in [4.69, 9.17) is 0 Å². The van der Waals surface area contributed by atoms with Crippen molar-refractivity contribution in [1.29, 1.82) is 0 Å². The molecule has 4 aliphatic rings. The molecular formula is C28H48O. The lowest BCUT2D eigenvalue weighted by Crippen LogP contribution is -2.54. The molecule has 0 aromatic heterocycles. The number of rotatable bonds is 4. The topological polar surface area (TPSA) is 20.2 Å². The summed E-state index contributed by atoms with van der Waals surface area (Å²) in [7, 11) is 0. The van der Waals surface area contributed by atoms with Gasteiger partial charge in [0.1, 0.15) is 0 Å². The Balaban J connectivity index is 1.50. The van der Waals surface area contributed by atoms with Crippen LogP contribution in [0.2, 0.25) is 0 Å². The Morgan fingerprint density at radius 3 is 2.21 bits per heavy atom. The van der Waals surface area contributed by atoms with Crippen LogP contribution in [0.4, 0.5) is 0 Å². The minimum Gasteiger partial charge on any atom is -0.393 e. The number of aliphatic hydroxyl groups is 1. The van der Waals surface area contributed by atoms with E-state index >= 15 is 0 Å². The van der Waals surface area contributed by atoms with Crippen LogP contribution in [-0.4, -0.2) is 11.2 Å². The van der Waals surface area contributed by atoms with E-state index in [1.807, 2.05) is 0 Å². The second-order valence-corrected chi connectivity index (χ2v) is 12.7. The molecule has 0 bridgehead atoms. The molecule has 4 fully saturated rings. The highest BCUT2D eigenvalue weighted by molar-refractivity contribution is 5.11. The standard InChI is InChI=1S/C28H48O/c1-18(2)19(3)7-8-20(4)24-11-12-25-23-10-9-21-17-22(29)13-15-27(21,5)26(23)14-16-28(24,25)6/h7-8,18-26,29H,9-17H2,1-6H3/b8-7-/t19-,20-,21+,22-,23-,24+,25-,26+,27-,28-/m0/s1. The number of aliphatic hydroxyl groups excluding tert-OH is 1. The molecule has 166 valence electrons. The fraction of sp³-hybridized carbons (Fsp3) is 0.929.